The van der Waals surface area contributed by atoms with E-state index in [2.05, 4.69) is 5.32 Å². The van der Waals surface area contributed by atoms with Crippen molar-refractivity contribution in [3.63, 3.8) is 0 Å². The summed E-state index contributed by atoms with van der Waals surface area (Å²) < 4.78 is 0. The normalized spacial score (nSPS) is 11.5. The van der Waals surface area contributed by atoms with E-state index in [4.69, 9.17) is 0 Å². The van der Waals surface area contributed by atoms with Gasteiger partial charge in [-0.15, -0.1) is 0 Å². The molecule has 0 fully saturated rings. The second kappa shape index (κ2) is 11.7. The molecule has 0 radical (unpaired) electrons. The van der Waals surface area contributed by atoms with Gasteiger partial charge in [-0.3, -0.25) is 9.59 Å². The van der Waals surface area contributed by atoms with Crippen molar-refractivity contribution in [2.24, 2.45) is 0 Å². The maximum atomic E-state index is 13.1. The summed E-state index contributed by atoms with van der Waals surface area (Å²) in [5.74, 6) is -0.140. The van der Waals surface area contributed by atoms with Crippen molar-refractivity contribution in [2.75, 3.05) is 6.54 Å². The van der Waals surface area contributed by atoms with Gasteiger partial charge in [0.2, 0.25) is 11.8 Å². The van der Waals surface area contributed by atoms with Crippen LogP contribution in [0.15, 0.2) is 91.0 Å². The lowest BCUT2D eigenvalue weighted by molar-refractivity contribution is -0.140. The smallest absolute Gasteiger partial charge is 0.242 e. The summed E-state index contributed by atoms with van der Waals surface area (Å²) in [5.41, 5.74) is 3.31. The van der Waals surface area contributed by atoms with E-state index in [-0.39, 0.29) is 11.8 Å². The lowest BCUT2D eigenvalue weighted by Crippen LogP contribution is -2.48. The van der Waals surface area contributed by atoms with Gasteiger partial charge < -0.3 is 10.2 Å². The molecule has 4 nitrogen and oxygen atoms in total. The molecule has 2 amide bonds. The Hall–Kier alpha value is -3.40. The molecule has 0 saturated heterocycles. The first-order valence-electron chi connectivity index (χ1n) is 10.8. The lowest BCUT2D eigenvalue weighted by atomic mass is 10.1. The van der Waals surface area contributed by atoms with Gasteiger partial charge in [-0.2, -0.15) is 0 Å². The average molecular weight is 415 g/mol. The van der Waals surface area contributed by atoms with Gasteiger partial charge >= 0.3 is 0 Å². The minimum absolute atomic E-state index is 0.0154. The molecule has 160 valence electrons. The summed E-state index contributed by atoms with van der Waals surface area (Å²) in [6.07, 6.45) is 1.80. The van der Waals surface area contributed by atoms with Crippen molar-refractivity contribution >= 4 is 11.8 Å². The van der Waals surface area contributed by atoms with Crippen LogP contribution in [0.5, 0.6) is 0 Å². The molecule has 3 rings (SSSR count). The largest absolute Gasteiger partial charge is 0.354 e. The number of hydrogen-bond acceptors (Lipinski definition) is 2. The number of amides is 2. The highest BCUT2D eigenvalue weighted by atomic mass is 16.2. The third-order valence-corrected chi connectivity index (χ3v) is 5.39. The molecule has 0 heterocycles. The summed E-state index contributed by atoms with van der Waals surface area (Å²) in [4.78, 5) is 27.6. The fourth-order valence-corrected chi connectivity index (χ4v) is 3.52. The summed E-state index contributed by atoms with van der Waals surface area (Å²) in [5, 5.41) is 2.99. The van der Waals surface area contributed by atoms with E-state index < -0.39 is 6.04 Å². The first-order valence-corrected chi connectivity index (χ1v) is 10.8. The van der Waals surface area contributed by atoms with Crippen LogP contribution in [0.25, 0.3) is 0 Å². The van der Waals surface area contributed by atoms with Gasteiger partial charge in [0.25, 0.3) is 0 Å². The zero-order valence-electron chi connectivity index (χ0n) is 18.0. The lowest BCUT2D eigenvalue weighted by Gasteiger charge is -2.29. The molecule has 3 aromatic carbocycles. The maximum absolute atomic E-state index is 13.1. The highest BCUT2D eigenvalue weighted by molar-refractivity contribution is 5.87. The Bertz CT molecular complexity index is 943. The highest BCUT2D eigenvalue weighted by Gasteiger charge is 2.25. The first-order chi connectivity index (χ1) is 15.1. The van der Waals surface area contributed by atoms with Crippen molar-refractivity contribution in [3.8, 4) is 0 Å². The van der Waals surface area contributed by atoms with Crippen LogP contribution in [-0.2, 0) is 29.0 Å². The second-order valence-electron chi connectivity index (χ2n) is 7.70. The van der Waals surface area contributed by atoms with E-state index in [1.54, 1.807) is 11.8 Å². The van der Waals surface area contributed by atoms with Gasteiger partial charge in [-0.05, 0) is 36.5 Å². The molecule has 4 heteroatoms. The second-order valence-corrected chi connectivity index (χ2v) is 7.70. The quantitative estimate of drug-likeness (QED) is 0.535. The Kier molecular flexibility index (Phi) is 8.41. The predicted octanol–water partition coefficient (Wildman–Crippen LogP) is 4.40. The number of carbonyl (C=O) groups excluding carboxylic acids is 2. The standard InChI is InChI=1S/C27H30N2O2/c1-22(27(31)28-20-19-24-13-7-3-8-14-24)29(21-25-15-9-4-10-16-25)26(30)18-17-23-11-5-2-6-12-23/h2-16,22H,17-21H2,1H3,(H,28,31). The van der Waals surface area contributed by atoms with Gasteiger partial charge in [0.15, 0.2) is 0 Å². The highest BCUT2D eigenvalue weighted by Crippen LogP contribution is 2.13. The Morgan fingerprint density at radius 1 is 0.742 bits per heavy atom. The first kappa shape index (κ1) is 22.3. The maximum Gasteiger partial charge on any atom is 0.242 e. The molecule has 0 saturated carbocycles. The summed E-state index contributed by atoms with van der Waals surface area (Å²) in [6, 6.07) is 29.3. The molecule has 1 N–H and O–H groups in total. The predicted molar refractivity (Wildman–Crippen MR) is 124 cm³/mol. The zero-order valence-corrected chi connectivity index (χ0v) is 18.0. The van der Waals surface area contributed by atoms with E-state index in [0.29, 0.717) is 25.9 Å². The van der Waals surface area contributed by atoms with Crippen LogP contribution in [-0.4, -0.2) is 29.3 Å². The van der Waals surface area contributed by atoms with Gasteiger partial charge in [-0.1, -0.05) is 91.0 Å². The molecule has 0 aromatic heterocycles. The number of aryl methyl sites for hydroxylation is 1. The molecule has 0 spiro atoms. The average Bonchev–Trinajstić information content (AvgIpc) is 2.82. The zero-order chi connectivity index (χ0) is 21.9. The minimum atomic E-state index is -0.542. The molecular formula is C27H30N2O2. The van der Waals surface area contributed by atoms with Gasteiger partial charge in [-0.25, -0.2) is 0 Å². The van der Waals surface area contributed by atoms with Crippen molar-refractivity contribution in [2.45, 2.75) is 38.8 Å². The number of nitrogens with zero attached hydrogens (tertiary/aromatic N) is 1. The van der Waals surface area contributed by atoms with E-state index in [9.17, 15) is 9.59 Å². The minimum Gasteiger partial charge on any atom is -0.354 e. The molecule has 0 bridgehead atoms. The SMILES string of the molecule is CC(C(=O)NCCc1ccccc1)N(Cc1ccccc1)C(=O)CCc1ccccc1. The molecule has 0 aliphatic carbocycles. The Morgan fingerprint density at radius 2 is 1.23 bits per heavy atom. The van der Waals surface area contributed by atoms with Gasteiger partial charge in [0.05, 0.1) is 0 Å². The van der Waals surface area contributed by atoms with Crippen molar-refractivity contribution in [3.05, 3.63) is 108 Å². The molecule has 0 aliphatic heterocycles. The topological polar surface area (TPSA) is 49.4 Å². The van der Waals surface area contributed by atoms with Crippen LogP contribution in [0, 0.1) is 0 Å². The number of nitrogens with one attached hydrogen (secondary N) is 1. The number of carbonyl (C=O) groups is 2. The molecule has 31 heavy (non-hydrogen) atoms. The fourth-order valence-electron chi connectivity index (χ4n) is 3.52. The van der Waals surface area contributed by atoms with Crippen LogP contribution >= 0.6 is 0 Å². The van der Waals surface area contributed by atoms with Gasteiger partial charge in [0.1, 0.15) is 6.04 Å². The Morgan fingerprint density at radius 3 is 1.77 bits per heavy atom. The summed E-state index contributed by atoms with van der Waals surface area (Å²) in [6.45, 7) is 2.77. The fraction of sp³-hybridized carbons (Fsp3) is 0.259. The Labute approximate surface area is 184 Å². The van der Waals surface area contributed by atoms with E-state index in [1.165, 1.54) is 5.56 Å². The number of rotatable bonds is 10. The molecule has 3 aromatic rings. The van der Waals surface area contributed by atoms with Crippen LogP contribution < -0.4 is 5.32 Å². The van der Waals surface area contributed by atoms with Crippen molar-refractivity contribution in [1.29, 1.82) is 0 Å². The monoisotopic (exact) mass is 414 g/mol. The third kappa shape index (κ3) is 7.10. The molecular weight excluding hydrogens is 384 g/mol. The molecule has 0 aliphatic rings. The third-order valence-electron chi connectivity index (χ3n) is 5.39. The van der Waals surface area contributed by atoms with Crippen molar-refractivity contribution in [1.82, 2.24) is 10.2 Å². The summed E-state index contributed by atoms with van der Waals surface area (Å²) in [7, 11) is 0. The van der Waals surface area contributed by atoms with Crippen LogP contribution in [0.3, 0.4) is 0 Å². The number of hydrogen-bond donors (Lipinski definition) is 1. The Balaban J connectivity index is 1.62. The number of benzene rings is 3. The van der Waals surface area contributed by atoms with E-state index in [1.807, 2.05) is 91.0 Å². The van der Waals surface area contributed by atoms with Crippen LogP contribution in [0.4, 0.5) is 0 Å². The van der Waals surface area contributed by atoms with Gasteiger partial charge in [0, 0.05) is 19.5 Å². The van der Waals surface area contributed by atoms with Crippen LogP contribution in [0.2, 0.25) is 0 Å². The molecule has 1 atom stereocenters. The van der Waals surface area contributed by atoms with E-state index >= 15 is 0 Å². The van der Waals surface area contributed by atoms with E-state index in [0.717, 1.165) is 17.5 Å². The summed E-state index contributed by atoms with van der Waals surface area (Å²) >= 11 is 0. The molecule has 1 unspecified atom stereocenters. The van der Waals surface area contributed by atoms with Crippen molar-refractivity contribution < 1.29 is 9.59 Å². The van der Waals surface area contributed by atoms with Crippen LogP contribution in [0.1, 0.15) is 30.0 Å².